The lowest BCUT2D eigenvalue weighted by atomic mass is 9.73. The number of hydrogen-bond acceptors (Lipinski definition) is 8. The Morgan fingerprint density at radius 2 is 1.74 bits per heavy atom. The Morgan fingerprint density at radius 1 is 1.02 bits per heavy atom. The molecule has 1 N–H and O–H groups in total. The number of hydrogen-bond donors (Lipinski definition) is 1. The van der Waals surface area contributed by atoms with E-state index < -0.39 is 12.0 Å². The van der Waals surface area contributed by atoms with Crippen molar-refractivity contribution in [2.24, 2.45) is 17.8 Å². The van der Waals surface area contributed by atoms with E-state index >= 15 is 0 Å². The van der Waals surface area contributed by atoms with E-state index in [1.807, 2.05) is 19.1 Å². The number of aromatic nitrogens is 3. The normalized spacial score (nSPS) is 24.7. The third-order valence-corrected chi connectivity index (χ3v) is 9.80. The summed E-state index contributed by atoms with van der Waals surface area (Å²) in [4.78, 5) is 37.9. The van der Waals surface area contributed by atoms with Crippen LogP contribution in [0.4, 0.5) is 20.4 Å². The lowest BCUT2D eigenvalue weighted by Crippen LogP contribution is -2.52. The Bertz CT molecular complexity index is 1530. The van der Waals surface area contributed by atoms with Crippen LogP contribution in [0.1, 0.15) is 75.6 Å². The van der Waals surface area contributed by atoms with Crippen molar-refractivity contribution in [3.8, 4) is 11.3 Å². The molecule has 2 fully saturated rings. The quantitative estimate of drug-likeness (QED) is 0.218. The summed E-state index contributed by atoms with van der Waals surface area (Å²) in [7, 11) is 2.07. The zero-order valence-electron chi connectivity index (χ0n) is 27.0. The van der Waals surface area contributed by atoms with Gasteiger partial charge in [-0.05, 0) is 74.6 Å². The van der Waals surface area contributed by atoms with Gasteiger partial charge in [0.1, 0.15) is 17.4 Å². The Kier molecular flexibility index (Phi) is 10.1. The van der Waals surface area contributed by atoms with Gasteiger partial charge >= 0.3 is 5.97 Å². The highest BCUT2D eigenvalue weighted by molar-refractivity contribution is 5.78. The predicted molar refractivity (Wildman–Crippen MR) is 168 cm³/mol. The molecule has 1 aliphatic heterocycles. The highest BCUT2D eigenvalue weighted by Crippen LogP contribution is 2.39. The molecule has 0 amide bonds. The first-order valence-corrected chi connectivity index (χ1v) is 16.0. The van der Waals surface area contributed by atoms with Gasteiger partial charge in [-0.2, -0.15) is 0 Å². The number of quaternary nitrogens is 1. The minimum absolute atomic E-state index is 0.115. The number of halogens is 2. The molecule has 3 aromatic heterocycles. The number of nitrogens with one attached hydrogen (secondary N) is 1. The van der Waals surface area contributed by atoms with Gasteiger partial charge in [-0.3, -0.25) is 19.1 Å². The molecular formula is C35H43F2N5O4. The zero-order valence-corrected chi connectivity index (χ0v) is 27.0. The van der Waals surface area contributed by atoms with Crippen LogP contribution in [-0.2, 0) is 19.9 Å². The van der Waals surface area contributed by atoms with Crippen molar-refractivity contribution in [1.82, 2.24) is 15.0 Å². The molecule has 5 rings (SSSR count). The van der Waals surface area contributed by atoms with E-state index in [1.165, 1.54) is 18.3 Å². The molecule has 9 nitrogen and oxygen atoms in total. The molecule has 0 bridgehead atoms. The van der Waals surface area contributed by atoms with Gasteiger partial charge in [-0.25, -0.2) is 18.7 Å². The first-order valence-electron chi connectivity index (χ1n) is 16.0. The smallest absolute Gasteiger partial charge is 0.313 e. The van der Waals surface area contributed by atoms with Gasteiger partial charge in [-0.15, -0.1) is 0 Å². The number of esters is 1. The Labute approximate surface area is 269 Å². The van der Waals surface area contributed by atoms with Crippen molar-refractivity contribution in [1.29, 1.82) is 0 Å². The minimum atomic E-state index is -2.60. The summed E-state index contributed by atoms with van der Waals surface area (Å²) in [5.41, 5.74) is 1.12. The van der Waals surface area contributed by atoms with Gasteiger partial charge in [0.25, 0.3) is 6.43 Å². The van der Waals surface area contributed by atoms with Crippen LogP contribution >= 0.6 is 0 Å². The van der Waals surface area contributed by atoms with Crippen LogP contribution in [0, 0.1) is 24.7 Å². The van der Waals surface area contributed by atoms with Gasteiger partial charge in [0.2, 0.25) is 6.73 Å². The minimum Gasteiger partial charge on any atom is -0.845 e. The first-order chi connectivity index (χ1) is 21.8. The van der Waals surface area contributed by atoms with Gasteiger partial charge in [-0.1, -0.05) is 25.4 Å². The molecule has 4 heterocycles. The fourth-order valence-corrected chi connectivity index (χ4v) is 6.65. The average Bonchev–Trinajstić information content (AvgIpc) is 3.04. The molecule has 0 spiro atoms. The number of Topliss-reactive ketones (excluding diaryl/α,β-unsaturated/α-hetero) is 1. The van der Waals surface area contributed by atoms with Gasteiger partial charge in [0, 0.05) is 48.0 Å². The monoisotopic (exact) mass is 635 g/mol. The number of anilines is 2. The van der Waals surface area contributed by atoms with E-state index in [4.69, 9.17) is 4.74 Å². The molecule has 3 aromatic rings. The summed E-state index contributed by atoms with van der Waals surface area (Å²) >= 11 is 0. The predicted octanol–water partition coefficient (Wildman–Crippen LogP) is 5.86. The number of ether oxygens (including phenoxy) is 1. The second kappa shape index (κ2) is 13.9. The lowest BCUT2D eigenvalue weighted by Gasteiger charge is -2.46. The summed E-state index contributed by atoms with van der Waals surface area (Å²) in [6.45, 7) is 7.17. The number of piperidine rings is 1. The van der Waals surface area contributed by atoms with Crippen LogP contribution in [0.2, 0.25) is 0 Å². The van der Waals surface area contributed by atoms with Crippen molar-refractivity contribution >= 4 is 23.4 Å². The summed E-state index contributed by atoms with van der Waals surface area (Å²) < 4.78 is 32.6. The van der Waals surface area contributed by atoms with Crippen LogP contribution in [0.3, 0.4) is 0 Å². The molecule has 1 saturated heterocycles. The third-order valence-electron chi connectivity index (χ3n) is 9.80. The van der Waals surface area contributed by atoms with Gasteiger partial charge in [0.05, 0.1) is 31.7 Å². The molecule has 1 saturated carbocycles. The lowest BCUT2D eigenvalue weighted by molar-refractivity contribution is -0.930. The fourth-order valence-electron chi connectivity index (χ4n) is 6.65. The molecule has 1 atom stereocenters. The highest BCUT2D eigenvalue weighted by atomic mass is 19.3. The summed E-state index contributed by atoms with van der Waals surface area (Å²) in [5.74, 6) is 0.487. The van der Waals surface area contributed by atoms with Crippen molar-refractivity contribution in [3.05, 3.63) is 65.6 Å². The number of likely N-dealkylation sites (tertiary alicyclic amines) is 1. The summed E-state index contributed by atoms with van der Waals surface area (Å²) in [6, 6.07) is 9.81. The SMILES string of the molecule is CC(=O)C1CC[N+](C)(COC(=O)C2CCC([C@@](C)([O-])c3ccc(-c4cc(C)cc(Nc5cc(C(F)F)ccn5)n4)cn3)CC2)CC1. The van der Waals surface area contributed by atoms with Gasteiger partial charge in [0.15, 0.2) is 0 Å². The number of nitrogens with zero attached hydrogens (tertiary/aromatic N) is 4. The van der Waals surface area contributed by atoms with E-state index in [-0.39, 0.29) is 40.9 Å². The Morgan fingerprint density at radius 3 is 2.37 bits per heavy atom. The number of rotatable bonds is 10. The van der Waals surface area contributed by atoms with Crippen molar-refractivity contribution < 1.29 is 32.7 Å². The number of alkyl halides is 2. The number of pyridine rings is 3. The average molecular weight is 636 g/mol. The van der Waals surface area contributed by atoms with Crippen molar-refractivity contribution in [2.45, 2.75) is 71.3 Å². The standard InChI is InChI=1S/C35H43F2N5O4/c1-22-17-29(40-32(18-22)41-31-19-26(33(36)37)11-14-38-31)27-7-10-30(39-20-27)35(3,45)28-8-5-25(6-9-28)34(44)46-21-42(4)15-12-24(13-16-42)23(2)43/h7,10-11,14,17-20,24-25,28,33H,5-6,8-9,12-13,15-16,21H2,1-4H3,(H,38,40,41)/t24?,25?,28?,35-,42?/m1/s1. The molecule has 246 valence electrons. The molecule has 11 heteroatoms. The molecule has 2 aliphatic rings. The largest absolute Gasteiger partial charge is 0.845 e. The van der Waals surface area contributed by atoms with Crippen LogP contribution < -0.4 is 10.4 Å². The van der Waals surface area contributed by atoms with Crippen LogP contribution in [0.25, 0.3) is 11.3 Å². The maximum absolute atomic E-state index is 13.9. The zero-order chi connectivity index (χ0) is 33.1. The van der Waals surface area contributed by atoms with Crippen LogP contribution in [-0.4, -0.2) is 58.1 Å². The van der Waals surface area contributed by atoms with Crippen molar-refractivity contribution in [3.63, 3.8) is 0 Å². The molecule has 0 aromatic carbocycles. The topological polar surface area (TPSA) is 117 Å². The van der Waals surface area contributed by atoms with E-state index in [9.17, 15) is 23.5 Å². The first kappa shape index (κ1) is 33.5. The van der Waals surface area contributed by atoms with Crippen LogP contribution in [0.5, 0.6) is 0 Å². The van der Waals surface area contributed by atoms with E-state index in [0.29, 0.717) is 59.7 Å². The number of aryl methyl sites for hydroxylation is 1. The summed E-state index contributed by atoms with van der Waals surface area (Å²) in [5, 5.41) is 16.9. The highest BCUT2D eigenvalue weighted by Gasteiger charge is 2.36. The molecule has 1 aliphatic carbocycles. The van der Waals surface area contributed by atoms with E-state index in [0.717, 1.165) is 31.5 Å². The summed E-state index contributed by atoms with van der Waals surface area (Å²) in [6.07, 6.45) is 4.45. The Balaban J connectivity index is 1.17. The maximum atomic E-state index is 13.9. The van der Waals surface area contributed by atoms with Crippen LogP contribution in [0.15, 0.2) is 48.8 Å². The second-order valence-corrected chi connectivity index (χ2v) is 13.4. The molecule has 46 heavy (non-hydrogen) atoms. The molecular weight excluding hydrogens is 592 g/mol. The fraction of sp³-hybridized carbons (Fsp3) is 0.514. The molecule has 0 radical (unpaired) electrons. The van der Waals surface area contributed by atoms with Crippen molar-refractivity contribution in [2.75, 3.05) is 32.2 Å². The third kappa shape index (κ3) is 7.93. The van der Waals surface area contributed by atoms with Gasteiger partial charge < -0.3 is 15.2 Å². The van der Waals surface area contributed by atoms with E-state index in [2.05, 4.69) is 27.3 Å². The number of carbonyl (C=O) groups is 2. The second-order valence-electron chi connectivity index (χ2n) is 13.4. The Hall–Kier alpha value is -3.83. The maximum Gasteiger partial charge on any atom is 0.313 e. The number of ketones is 1. The van der Waals surface area contributed by atoms with E-state index in [1.54, 1.807) is 32.2 Å². The molecule has 0 unspecified atom stereocenters. The number of carbonyl (C=O) groups excluding carboxylic acids is 2.